The summed E-state index contributed by atoms with van der Waals surface area (Å²) in [5.74, 6) is 0. The number of amides is 1. The third-order valence-corrected chi connectivity index (χ3v) is 4.50. The fourth-order valence-electron chi connectivity index (χ4n) is 3.01. The molecular formula is C23H21NO3. The Bertz CT molecular complexity index is 824. The molecule has 4 heteroatoms. The first-order valence-electron chi connectivity index (χ1n) is 8.76. The molecule has 0 spiro atoms. The van der Waals surface area contributed by atoms with E-state index < -0.39 is 11.5 Å². The number of carbonyl (C=O) groups excluding carboxylic acids is 2. The highest BCUT2D eigenvalue weighted by Gasteiger charge is 2.34. The zero-order valence-corrected chi connectivity index (χ0v) is 14.9. The lowest BCUT2D eigenvalue weighted by atomic mass is 9.75. The monoisotopic (exact) mass is 359 g/mol. The second-order valence-corrected chi connectivity index (χ2v) is 6.24. The molecule has 0 saturated carbocycles. The number of hydrogen-bond acceptors (Lipinski definition) is 3. The summed E-state index contributed by atoms with van der Waals surface area (Å²) in [4.78, 5) is 24.4. The van der Waals surface area contributed by atoms with Gasteiger partial charge in [0.15, 0.2) is 0 Å². The number of benzene rings is 3. The van der Waals surface area contributed by atoms with Gasteiger partial charge in [-0.2, -0.15) is 0 Å². The van der Waals surface area contributed by atoms with Crippen LogP contribution < -0.4 is 5.32 Å². The summed E-state index contributed by atoms with van der Waals surface area (Å²) < 4.78 is 5.27. The lowest BCUT2D eigenvalue weighted by Gasteiger charge is -2.29. The Morgan fingerprint density at radius 3 is 1.78 bits per heavy atom. The maximum absolute atomic E-state index is 12.2. The van der Waals surface area contributed by atoms with Gasteiger partial charge in [-0.15, -0.1) is 0 Å². The van der Waals surface area contributed by atoms with Crippen molar-refractivity contribution < 1.29 is 14.3 Å². The van der Waals surface area contributed by atoms with Crippen molar-refractivity contribution in [2.24, 2.45) is 0 Å². The van der Waals surface area contributed by atoms with Crippen LogP contribution in [-0.4, -0.2) is 18.9 Å². The number of rotatable bonds is 7. The van der Waals surface area contributed by atoms with E-state index in [1.54, 1.807) is 0 Å². The van der Waals surface area contributed by atoms with Crippen LogP contribution in [0.2, 0.25) is 0 Å². The molecule has 3 aromatic carbocycles. The van der Waals surface area contributed by atoms with Gasteiger partial charge in [-0.25, -0.2) is 4.79 Å². The van der Waals surface area contributed by atoms with Crippen LogP contribution in [0.3, 0.4) is 0 Å². The number of aldehydes is 1. The van der Waals surface area contributed by atoms with Gasteiger partial charge in [-0.05, 0) is 16.7 Å². The molecule has 3 rings (SSSR count). The molecular weight excluding hydrogens is 338 g/mol. The van der Waals surface area contributed by atoms with Gasteiger partial charge in [0.1, 0.15) is 12.9 Å². The molecule has 0 radical (unpaired) electrons. The average molecular weight is 359 g/mol. The molecule has 0 aliphatic carbocycles. The Kier molecular flexibility index (Phi) is 6.00. The van der Waals surface area contributed by atoms with E-state index in [1.165, 1.54) is 0 Å². The minimum absolute atomic E-state index is 0.109. The van der Waals surface area contributed by atoms with Gasteiger partial charge < -0.3 is 14.8 Å². The molecule has 136 valence electrons. The van der Waals surface area contributed by atoms with E-state index in [1.807, 2.05) is 91.0 Å². The Hall–Kier alpha value is -3.40. The highest BCUT2D eigenvalue weighted by Crippen LogP contribution is 2.29. The second kappa shape index (κ2) is 8.81. The van der Waals surface area contributed by atoms with Crippen LogP contribution in [0.1, 0.15) is 16.7 Å². The van der Waals surface area contributed by atoms with Crippen molar-refractivity contribution in [2.45, 2.75) is 12.0 Å². The van der Waals surface area contributed by atoms with Gasteiger partial charge in [-0.1, -0.05) is 91.0 Å². The van der Waals surface area contributed by atoms with Crippen molar-refractivity contribution in [3.8, 4) is 0 Å². The predicted octanol–water partition coefficient (Wildman–Crippen LogP) is 4.10. The third kappa shape index (κ3) is 4.42. The number of carbonyl (C=O) groups is 2. The smallest absolute Gasteiger partial charge is 0.407 e. The van der Waals surface area contributed by atoms with Crippen LogP contribution in [-0.2, 0) is 21.6 Å². The van der Waals surface area contributed by atoms with Crippen molar-refractivity contribution >= 4 is 12.4 Å². The van der Waals surface area contributed by atoms with E-state index in [4.69, 9.17) is 4.74 Å². The molecule has 0 aromatic heterocycles. The quantitative estimate of drug-likeness (QED) is 0.646. The van der Waals surface area contributed by atoms with Gasteiger partial charge in [-0.3, -0.25) is 0 Å². The van der Waals surface area contributed by atoms with E-state index in [9.17, 15) is 9.59 Å². The Morgan fingerprint density at radius 2 is 1.30 bits per heavy atom. The molecule has 0 aliphatic rings. The SMILES string of the molecule is O=CC(CNC(=O)OCc1ccccc1)(c1ccccc1)c1ccccc1. The van der Waals surface area contributed by atoms with E-state index in [-0.39, 0.29) is 13.2 Å². The van der Waals surface area contributed by atoms with Crippen LogP contribution in [0.5, 0.6) is 0 Å². The molecule has 1 N–H and O–H groups in total. The molecule has 0 unspecified atom stereocenters. The number of hydrogen-bond donors (Lipinski definition) is 1. The van der Waals surface area contributed by atoms with Crippen molar-refractivity contribution in [1.29, 1.82) is 0 Å². The fourth-order valence-corrected chi connectivity index (χ4v) is 3.01. The number of alkyl carbamates (subject to hydrolysis) is 1. The van der Waals surface area contributed by atoms with Crippen LogP contribution in [0.4, 0.5) is 4.79 Å². The molecule has 0 atom stereocenters. The lowest BCUT2D eigenvalue weighted by molar-refractivity contribution is -0.111. The summed E-state index contributed by atoms with van der Waals surface area (Å²) in [6.45, 7) is 0.287. The summed E-state index contributed by atoms with van der Waals surface area (Å²) in [6.07, 6.45) is 0.326. The first-order chi connectivity index (χ1) is 13.2. The van der Waals surface area contributed by atoms with Crippen LogP contribution in [0.15, 0.2) is 91.0 Å². The van der Waals surface area contributed by atoms with Gasteiger partial charge in [0.05, 0.1) is 5.41 Å². The standard InChI is InChI=1S/C23H21NO3/c25-18-23(20-12-6-2-7-13-20,21-14-8-3-9-15-21)17-24-22(26)27-16-19-10-4-1-5-11-19/h1-15,18H,16-17H2,(H,24,26). The molecule has 1 amide bonds. The summed E-state index contributed by atoms with van der Waals surface area (Å²) >= 11 is 0. The zero-order valence-electron chi connectivity index (χ0n) is 14.9. The lowest BCUT2D eigenvalue weighted by Crippen LogP contribution is -2.43. The third-order valence-electron chi connectivity index (χ3n) is 4.50. The molecule has 0 heterocycles. The number of nitrogens with one attached hydrogen (secondary N) is 1. The normalized spacial score (nSPS) is 10.8. The highest BCUT2D eigenvalue weighted by molar-refractivity contribution is 5.77. The largest absolute Gasteiger partial charge is 0.445 e. The molecule has 27 heavy (non-hydrogen) atoms. The summed E-state index contributed by atoms with van der Waals surface area (Å²) in [5, 5.41) is 2.75. The van der Waals surface area contributed by atoms with Gasteiger partial charge >= 0.3 is 6.09 Å². The molecule has 0 saturated heterocycles. The first-order valence-corrected chi connectivity index (χ1v) is 8.76. The summed E-state index contributed by atoms with van der Waals surface area (Å²) in [5.41, 5.74) is 1.55. The predicted molar refractivity (Wildman–Crippen MR) is 104 cm³/mol. The molecule has 0 aliphatic heterocycles. The highest BCUT2D eigenvalue weighted by atomic mass is 16.5. The maximum Gasteiger partial charge on any atom is 0.407 e. The van der Waals surface area contributed by atoms with E-state index in [2.05, 4.69) is 5.32 Å². The number of ether oxygens (including phenoxy) is 1. The average Bonchev–Trinajstić information content (AvgIpc) is 2.75. The van der Waals surface area contributed by atoms with E-state index >= 15 is 0 Å². The minimum atomic E-state index is -0.978. The first kappa shape index (κ1) is 18.4. The van der Waals surface area contributed by atoms with Crippen molar-refractivity contribution in [3.63, 3.8) is 0 Å². The minimum Gasteiger partial charge on any atom is -0.445 e. The van der Waals surface area contributed by atoms with E-state index in [0.717, 1.165) is 23.0 Å². The van der Waals surface area contributed by atoms with Crippen LogP contribution in [0, 0.1) is 0 Å². The van der Waals surface area contributed by atoms with Gasteiger partial charge in [0, 0.05) is 6.54 Å². The Morgan fingerprint density at radius 1 is 0.815 bits per heavy atom. The molecule has 4 nitrogen and oxygen atoms in total. The van der Waals surface area contributed by atoms with Crippen molar-refractivity contribution in [2.75, 3.05) is 6.54 Å². The Balaban J connectivity index is 1.76. The zero-order chi connectivity index (χ0) is 19.0. The molecule has 0 fully saturated rings. The van der Waals surface area contributed by atoms with Crippen molar-refractivity contribution in [1.82, 2.24) is 5.32 Å². The topological polar surface area (TPSA) is 55.4 Å². The second-order valence-electron chi connectivity index (χ2n) is 6.24. The van der Waals surface area contributed by atoms with E-state index in [0.29, 0.717) is 0 Å². The molecule has 0 bridgehead atoms. The fraction of sp³-hybridized carbons (Fsp3) is 0.130. The van der Waals surface area contributed by atoms with Crippen molar-refractivity contribution in [3.05, 3.63) is 108 Å². The van der Waals surface area contributed by atoms with Crippen LogP contribution in [0.25, 0.3) is 0 Å². The molecule has 3 aromatic rings. The maximum atomic E-state index is 12.2. The van der Waals surface area contributed by atoms with Gasteiger partial charge in [0.25, 0.3) is 0 Å². The van der Waals surface area contributed by atoms with Gasteiger partial charge in [0.2, 0.25) is 0 Å². The summed E-state index contributed by atoms with van der Waals surface area (Å²) in [6, 6.07) is 28.3. The van der Waals surface area contributed by atoms with Crippen LogP contribution >= 0.6 is 0 Å². The Labute approximate surface area is 158 Å². The summed E-state index contributed by atoms with van der Waals surface area (Å²) in [7, 11) is 0.